The third kappa shape index (κ3) is 7.36. The first-order valence-electron chi connectivity index (χ1n) is 10.3. The van der Waals surface area contributed by atoms with Crippen LogP contribution in [-0.2, 0) is 0 Å². The zero-order valence-corrected chi connectivity index (χ0v) is 16.8. The lowest BCUT2D eigenvalue weighted by atomic mass is 9.89. The first-order valence-corrected chi connectivity index (χ1v) is 10.3. The summed E-state index contributed by atoms with van der Waals surface area (Å²) in [6.07, 6.45) is 6.45. The number of unbranched alkanes of at least 4 members (excludes halogenated alkanes) is 4. The van der Waals surface area contributed by atoms with E-state index >= 15 is 0 Å². The standard InChI is InChI=1S/C24H35NO2/c1-3-4-5-6-10-17-27-22-15-13-20(14-16-22)23(25)18-19(2)24(26)21-11-8-7-9-12-21/h7-9,11-16,19,23-24,26H,3-6,10,17-18,25H2,1-2H3. The molecule has 2 rings (SSSR count). The quantitative estimate of drug-likeness (QED) is 0.465. The zero-order valence-electron chi connectivity index (χ0n) is 16.8. The molecule has 3 atom stereocenters. The van der Waals surface area contributed by atoms with E-state index in [4.69, 9.17) is 10.5 Å². The largest absolute Gasteiger partial charge is 0.494 e. The number of aliphatic hydroxyl groups is 1. The molecule has 3 unspecified atom stereocenters. The highest BCUT2D eigenvalue weighted by molar-refractivity contribution is 5.29. The fourth-order valence-corrected chi connectivity index (χ4v) is 3.35. The van der Waals surface area contributed by atoms with Crippen molar-refractivity contribution in [2.24, 2.45) is 11.7 Å². The van der Waals surface area contributed by atoms with E-state index in [1.807, 2.05) is 61.5 Å². The molecule has 0 aliphatic heterocycles. The highest BCUT2D eigenvalue weighted by Gasteiger charge is 2.19. The van der Waals surface area contributed by atoms with Gasteiger partial charge in [0.1, 0.15) is 5.75 Å². The minimum atomic E-state index is -0.493. The van der Waals surface area contributed by atoms with Crippen molar-refractivity contribution in [3.05, 3.63) is 65.7 Å². The maximum absolute atomic E-state index is 10.5. The summed E-state index contributed by atoms with van der Waals surface area (Å²) < 4.78 is 5.82. The van der Waals surface area contributed by atoms with Crippen LogP contribution in [0.4, 0.5) is 0 Å². The van der Waals surface area contributed by atoms with Crippen molar-refractivity contribution in [3.8, 4) is 5.75 Å². The van der Waals surface area contributed by atoms with Crippen LogP contribution in [0.3, 0.4) is 0 Å². The van der Waals surface area contributed by atoms with Gasteiger partial charge in [0.05, 0.1) is 12.7 Å². The van der Waals surface area contributed by atoms with Gasteiger partial charge in [0.2, 0.25) is 0 Å². The molecule has 0 aliphatic carbocycles. The number of nitrogens with two attached hydrogens (primary N) is 1. The number of hydrogen-bond donors (Lipinski definition) is 2. The van der Waals surface area contributed by atoms with Gasteiger partial charge in [-0.1, -0.05) is 82.0 Å². The molecule has 0 spiro atoms. The second-order valence-electron chi connectivity index (χ2n) is 7.51. The van der Waals surface area contributed by atoms with E-state index in [-0.39, 0.29) is 12.0 Å². The van der Waals surface area contributed by atoms with Crippen molar-refractivity contribution in [1.82, 2.24) is 0 Å². The van der Waals surface area contributed by atoms with Gasteiger partial charge in [0.15, 0.2) is 0 Å². The predicted octanol–water partition coefficient (Wildman–Crippen LogP) is 5.80. The molecule has 148 valence electrons. The fraction of sp³-hybridized carbons (Fsp3) is 0.500. The second-order valence-corrected chi connectivity index (χ2v) is 7.51. The van der Waals surface area contributed by atoms with E-state index < -0.39 is 6.10 Å². The van der Waals surface area contributed by atoms with Crippen LogP contribution in [0.5, 0.6) is 5.75 Å². The van der Waals surface area contributed by atoms with Crippen molar-refractivity contribution in [3.63, 3.8) is 0 Å². The molecule has 3 heteroatoms. The van der Waals surface area contributed by atoms with E-state index in [0.717, 1.165) is 36.3 Å². The SMILES string of the molecule is CCCCCCCOc1ccc(C(N)CC(C)C(O)c2ccccc2)cc1. The lowest BCUT2D eigenvalue weighted by Crippen LogP contribution is -2.18. The molecule has 0 heterocycles. The van der Waals surface area contributed by atoms with Gasteiger partial charge in [-0.15, -0.1) is 0 Å². The van der Waals surface area contributed by atoms with E-state index in [1.165, 1.54) is 25.7 Å². The first kappa shape index (κ1) is 21.5. The normalized spacial score (nSPS) is 14.5. The predicted molar refractivity (Wildman–Crippen MR) is 113 cm³/mol. The summed E-state index contributed by atoms with van der Waals surface area (Å²) in [7, 11) is 0. The average molecular weight is 370 g/mol. The van der Waals surface area contributed by atoms with Crippen LogP contribution in [0.15, 0.2) is 54.6 Å². The fourth-order valence-electron chi connectivity index (χ4n) is 3.35. The molecule has 0 fully saturated rings. The Bertz CT molecular complexity index is 627. The summed E-state index contributed by atoms with van der Waals surface area (Å²) in [5, 5.41) is 10.5. The van der Waals surface area contributed by atoms with E-state index in [1.54, 1.807) is 0 Å². The Morgan fingerprint density at radius 2 is 1.56 bits per heavy atom. The molecular formula is C24H35NO2. The molecule has 0 amide bonds. The Labute approximate surface area is 164 Å². The lowest BCUT2D eigenvalue weighted by Gasteiger charge is -2.23. The van der Waals surface area contributed by atoms with Crippen molar-refractivity contribution >= 4 is 0 Å². The Hall–Kier alpha value is -1.84. The minimum Gasteiger partial charge on any atom is -0.494 e. The van der Waals surface area contributed by atoms with Gasteiger partial charge in [-0.05, 0) is 42.0 Å². The average Bonchev–Trinajstić information content (AvgIpc) is 2.71. The Morgan fingerprint density at radius 3 is 2.22 bits per heavy atom. The highest BCUT2D eigenvalue weighted by Crippen LogP contribution is 2.29. The smallest absolute Gasteiger partial charge is 0.119 e. The van der Waals surface area contributed by atoms with Crippen LogP contribution in [-0.4, -0.2) is 11.7 Å². The molecule has 0 saturated carbocycles. The van der Waals surface area contributed by atoms with E-state index in [0.29, 0.717) is 0 Å². The second kappa shape index (κ2) is 11.8. The van der Waals surface area contributed by atoms with Gasteiger partial charge < -0.3 is 15.6 Å². The number of benzene rings is 2. The van der Waals surface area contributed by atoms with Crippen molar-refractivity contribution in [1.29, 1.82) is 0 Å². The summed E-state index contributed by atoms with van der Waals surface area (Å²) in [4.78, 5) is 0. The Morgan fingerprint density at radius 1 is 0.889 bits per heavy atom. The van der Waals surface area contributed by atoms with Crippen LogP contribution in [0, 0.1) is 5.92 Å². The van der Waals surface area contributed by atoms with Crippen molar-refractivity contribution in [2.75, 3.05) is 6.61 Å². The molecule has 27 heavy (non-hydrogen) atoms. The van der Waals surface area contributed by atoms with Gasteiger partial charge in [0.25, 0.3) is 0 Å². The van der Waals surface area contributed by atoms with Crippen LogP contribution < -0.4 is 10.5 Å². The van der Waals surface area contributed by atoms with Gasteiger partial charge in [-0.2, -0.15) is 0 Å². The molecule has 0 radical (unpaired) electrons. The molecule has 0 saturated heterocycles. The number of ether oxygens (including phenoxy) is 1. The van der Waals surface area contributed by atoms with E-state index in [9.17, 15) is 5.11 Å². The lowest BCUT2D eigenvalue weighted by molar-refractivity contribution is 0.108. The van der Waals surface area contributed by atoms with Crippen LogP contribution >= 0.6 is 0 Å². The number of hydrogen-bond acceptors (Lipinski definition) is 3. The maximum Gasteiger partial charge on any atom is 0.119 e. The van der Waals surface area contributed by atoms with Crippen molar-refractivity contribution in [2.45, 2.75) is 64.5 Å². The summed E-state index contributed by atoms with van der Waals surface area (Å²) in [5.41, 5.74) is 8.40. The molecule has 2 aromatic carbocycles. The molecule has 3 N–H and O–H groups in total. The Balaban J connectivity index is 1.78. The zero-order chi connectivity index (χ0) is 19.5. The summed E-state index contributed by atoms with van der Waals surface area (Å²) in [6, 6.07) is 17.8. The molecule has 0 aliphatic rings. The summed E-state index contributed by atoms with van der Waals surface area (Å²) >= 11 is 0. The van der Waals surface area contributed by atoms with Gasteiger partial charge in [0, 0.05) is 6.04 Å². The summed E-state index contributed by atoms with van der Waals surface area (Å²) in [5.74, 6) is 0.986. The molecule has 0 aromatic heterocycles. The molecule has 0 bridgehead atoms. The molecule has 3 nitrogen and oxygen atoms in total. The minimum absolute atomic E-state index is 0.0847. The van der Waals surface area contributed by atoms with Gasteiger partial charge in [-0.3, -0.25) is 0 Å². The van der Waals surface area contributed by atoms with Crippen LogP contribution in [0.25, 0.3) is 0 Å². The highest BCUT2D eigenvalue weighted by atomic mass is 16.5. The molecular weight excluding hydrogens is 334 g/mol. The Kier molecular flexibility index (Phi) is 9.37. The first-order chi connectivity index (χ1) is 13.1. The van der Waals surface area contributed by atoms with Gasteiger partial charge in [-0.25, -0.2) is 0 Å². The maximum atomic E-state index is 10.5. The van der Waals surface area contributed by atoms with Crippen LogP contribution in [0.2, 0.25) is 0 Å². The number of aliphatic hydroxyl groups excluding tert-OH is 1. The molecule has 2 aromatic rings. The van der Waals surface area contributed by atoms with Crippen LogP contribution in [0.1, 0.15) is 75.6 Å². The topological polar surface area (TPSA) is 55.5 Å². The third-order valence-corrected chi connectivity index (χ3v) is 5.13. The third-order valence-electron chi connectivity index (χ3n) is 5.13. The monoisotopic (exact) mass is 369 g/mol. The summed E-state index contributed by atoms with van der Waals surface area (Å²) in [6.45, 7) is 5.05. The van der Waals surface area contributed by atoms with Crippen molar-refractivity contribution < 1.29 is 9.84 Å². The van der Waals surface area contributed by atoms with Gasteiger partial charge >= 0.3 is 0 Å². The van der Waals surface area contributed by atoms with E-state index in [2.05, 4.69) is 6.92 Å². The number of rotatable bonds is 12.